The molecule has 0 unspecified atom stereocenters. The number of methoxy groups -OCH3 is 1. The molecular weight excluding hydrogens is 236 g/mol. The summed E-state index contributed by atoms with van der Waals surface area (Å²) in [6.45, 7) is 7.77. The fourth-order valence-corrected chi connectivity index (χ4v) is 2.39. The van der Waals surface area contributed by atoms with Crippen molar-refractivity contribution in [2.24, 2.45) is 0 Å². The van der Waals surface area contributed by atoms with E-state index in [1.165, 1.54) is 11.1 Å². The lowest BCUT2D eigenvalue weighted by Gasteiger charge is -2.35. The van der Waals surface area contributed by atoms with Crippen molar-refractivity contribution in [2.45, 2.75) is 32.2 Å². The van der Waals surface area contributed by atoms with Gasteiger partial charge in [0.1, 0.15) is 5.75 Å². The highest BCUT2D eigenvalue weighted by Gasteiger charge is 2.21. The van der Waals surface area contributed by atoms with E-state index in [0.717, 1.165) is 31.8 Å². The number of benzene rings is 1. The normalized spacial score (nSPS) is 15.9. The number of hydrogen-bond donors (Lipinski definition) is 1. The second-order valence-electron chi connectivity index (χ2n) is 5.77. The molecule has 0 spiro atoms. The van der Waals surface area contributed by atoms with Crippen LogP contribution in [-0.2, 0) is 6.42 Å². The van der Waals surface area contributed by atoms with Gasteiger partial charge in [0.05, 0.1) is 7.11 Å². The van der Waals surface area contributed by atoms with Crippen LogP contribution in [0.3, 0.4) is 0 Å². The molecular formula is C16H26N2O. The molecule has 3 heteroatoms. The van der Waals surface area contributed by atoms with Crippen LogP contribution < -0.4 is 10.1 Å². The summed E-state index contributed by atoms with van der Waals surface area (Å²) in [6, 6.07) is 7.35. The van der Waals surface area contributed by atoms with E-state index in [-0.39, 0.29) is 0 Å². The van der Waals surface area contributed by atoms with Crippen molar-refractivity contribution >= 4 is 0 Å². The number of rotatable bonds is 6. The van der Waals surface area contributed by atoms with E-state index in [1.807, 2.05) is 0 Å². The number of likely N-dealkylation sites (N-methyl/N-ethyl adjacent to an activating group) is 1. The van der Waals surface area contributed by atoms with Crippen LogP contribution >= 0.6 is 0 Å². The fraction of sp³-hybridized carbons (Fsp3) is 0.625. The quantitative estimate of drug-likeness (QED) is 0.851. The molecule has 1 heterocycles. The molecule has 1 saturated heterocycles. The van der Waals surface area contributed by atoms with Crippen molar-refractivity contribution in [2.75, 3.05) is 33.8 Å². The summed E-state index contributed by atoms with van der Waals surface area (Å²) in [6.07, 6.45) is 1.05. The van der Waals surface area contributed by atoms with Crippen molar-refractivity contribution in [3.8, 4) is 5.75 Å². The Kier molecular flexibility index (Phi) is 4.83. The van der Waals surface area contributed by atoms with E-state index in [9.17, 15) is 0 Å². The summed E-state index contributed by atoms with van der Waals surface area (Å²) in [5.74, 6) is 1.58. The van der Waals surface area contributed by atoms with Crippen molar-refractivity contribution in [1.82, 2.24) is 10.2 Å². The van der Waals surface area contributed by atoms with E-state index < -0.39 is 0 Å². The molecule has 0 atom stereocenters. The van der Waals surface area contributed by atoms with Crippen LogP contribution in [0.5, 0.6) is 5.75 Å². The first-order valence-electron chi connectivity index (χ1n) is 7.19. The Hall–Kier alpha value is -1.06. The van der Waals surface area contributed by atoms with Crippen LogP contribution in [0, 0.1) is 0 Å². The molecule has 106 valence electrons. The topological polar surface area (TPSA) is 24.5 Å². The second-order valence-corrected chi connectivity index (χ2v) is 5.77. The highest BCUT2D eigenvalue weighted by Crippen LogP contribution is 2.25. The summed E-state index contributed by atoms with van der Waals surface area (Å²) in [5, 5.41) is 3.32. The Morgan fingerprint density at radius 3 is 2.63 bits per heavy atom. The monoisotopic (exact) mass is 262 g/mol. The van der Waals surface area contributed by atoms with Crippen LogP contribution in [0.1, 0.15) is 30.9 Å². The maximum absolute atomic E-state index is 5.54. The predicted octanol–water partition coefficient (Wildman–Crippen LogP) is 2.26. The molecule has 19 heavy (non-hydrogen) atoms. The molecule has 3 nitrogen and oxygen atoms in total. The second kappa shape index (κ2) is 6.40. The Bertz CT molecular complexity index is 413. The lowest BCUT2D eigenvalue weighted by Crippen LogP contribution is -2.56. The molecule has 1 aromatic rings. The van der Waals surface area contributed by atoms with Gasteiger partial charge in [-0.2, -0.15) is 0 Å². The summed E-state index contributed by atoms with van der Waals surface area (Å²) in [4.78, 5) is 2.44. The predicted molar refractivity (Wildman–Crippen MR) is 80.1 cm³/mol. The van der Waals surface area contributed by atoms with E-state index in [0.29, 0.717) is 12.0 Å². The van der Waals surface area contributed by atoms with Gasteiger partial charge in [-0.1, -0.05) is 26.0 Å². The smallest absolute Gasteiger partial charge is 0.122 e. The van der Waals surface area contributed by atoms with Crippen LogP contribution in [0.25, 0.3) is 0 Å². The minimum absolute atomic E-state index is 0.548. The third kappa shape index (κ3) is 3.48. The molecule has 1 N–H and O–H groups in total. The minimum Gasteiger partial charge on any atom is -0.496 e. The first-order chi connectivity index (χ1) is 9.11. The summed E-state index contributed by atoms with van der Waals surface area (Å²) >= 11 is 0. The van der Waals surface area contributed by atoms with Crippen LogP contribution in [0.4, 0.5) is 0 Å². The zero-order valence-corrected chi connectivity index (χ0v) is 12.6. The Morgan fingerprint density at radius 1 is 1.37 bits per heavy atom. The van der Waals surface area contributed by atoms with Gasteiger partial charge in [-0.3, -0.25) is 0 Å². The first kappa shape index (κ1) is 14.4. The molecule has 1 aliphatic heterocycles. The van der Waals surface area contributed by atoms with Gasteiger partial charge < -0.3 is 15.0 Å². The lowest BCUT2D eigenvalue weighted by molar-refractivity contribution is 0.182. The Balaban J connectivity index is 1.98. The van der Waals surface area contributed by atoms with Gasteiger partial charge in [0.25, 0.3) is 0 Å². The number of hydrogen-bond acceptors (Lipinski definition) is 3. The third-order valence-corrected chi connectivity index (χ3v) is 4.09. The largest absolute Gasteiger partial charge is 0.496 e. The molecule has 0 aliphatic carbocycles. The highest BCUT2D eigenvalue weighted by atomic mass is 16.5. The highest BCUT2D eigenvalue weighted by molar-refractivity contribution is 5.39. The number of nitrogens with one attached hydrogen (secondary N) is 1. The Morgan fingerprint density at radius 2 is 2.11 bits per heavy atom. The van der Waals surface area contributed by atoms with Gasteiger partial charge in [-0.05, 0) is 36.6 Å². The molecule has 0 saturated carbocycles. The van der Waals surface area contributed by atoms with Gasteiger partial charge in [0.2, 0.25) is 0 Å². The molecule has 0 aromatic heterocycles. The zero-order chi connectivity index (χ0) is 13.8. The molecule has 0 bridgehead atoms. The summed E-state index contributed by atoms with van der Waals surface area (Å²) < 4.78 is 5.54. The standard InChI is InChI=1S/C16H26N2O/c1-12(2)14-6-5-13(16(9-14)19-4)7-8-18(3)15-10-17-11-15/h5-6,9,12,15,17H,7-8,10-11H2,1-4H3. The average Bonchev–Trinajstić information content (AvgIpc) is 2.33. The van der Waals surface area contributed by atoms with E-state index in [1.54, 1.807) is 7.11 Å². The van der Waals surface area contributed by atoms with Gasteiger partial charge in [0.15, 0.2) is 0 Å². The SMILES string of the molecule is COc1cc(C(C)C)ccc1CCN(C)C1CNC1. The summed E-state index contributed by atoms with van der Waals surface area (Å²) in [7, 11) is 3.98. The van der Waals surface area contributed by atoms with Crippen molar-refractivity contribution < 1.29 is 4.74 Å². The Labute approximate surface area is 116 Å². The fourth-order valence-electron chi connectivity index (χ4n) is 2.39. The molecule has 0 radical (unpaired) electrons. The third-order valence-electron chi connectivity index (χ3n) is 4.09. The van der Waals surface area contributed by atoms with Crippen LogP contribution in [0.2, 0.25) is 0 Å². The maximum atomic E-state index is 5.54. The maximum Gasteiger partial charge on any atom is 0.122 e. The zero-order valence-electron chi connectivity index (χ0n) is 12.6. The van der Waals surface area contributed by atoms with Crippen molar-refractivity contribution in [3.63, 3.8) is 0 Å². The van der Waals surface area contributed by atoms with Gasteiger partial charge >= 0.3 is 0 Å². The first-order valence-corrected chi connectivity index (χ1v) is 7.19. The van der Waals surface area contributed by atoms with Gasteiger partial charge in [0, 0.05) is 25.7 Å². The average molecular weight is 262 g/mol. The van der Waals surface area contributed by atoms with E-state index >= 15 is 0 Å². The van der Waals surface area contributed by atoms with Crippen molar-refractivity contribution in [3.05, 3.63) is 29.3 Å². The van der Waals surface area contributed by atoms with Gasteiger partial charge in [-0.15, -0.1) is 0 Å². The lowest BCUT2D eigenvalue weighted by atomic mass is 9.99. The van der Waals surface area contributed by atoms with Crippen molar-refractivity contribution in [1.29, 1.82) is 0 Å². The number of nitrogens with zero attached hydrogens (tertiary/aromatic N) is 1. The molecule has 0 amide bonds. The molecule has 1 aliphatic rings. The minimum atomic E-state index is 0.548. The molecule has 2 rings (SSSR count). The molecule has 1 fully saturated rings. The van der Waals surface area contributed by atoms with E-state index in [4.69, 9.17) is 4.74 Å². The molecule has 1 aromatic carbocycles. The van der Waals surface area contributed by atoms with E-state index in [2.05, 4.69) is 49.3 Å². The number of ether oxygens (including phenoxy) is 1. The van der Waals surface area contributed by atoms with Crippen LogP contribution in [0.15, 0.2) is 18.2 Å². The summed E-state index contributed by atoms with van der Waals surface area (Å²) in [5.41, 5.74) is 2.66. The van der Waals surface area contributed by atoms with Crippen LogP contribution in [-0.4, -0.2) is 44.7 Å². The van der Waals surface area contributed by atoms with Gasteiger partial charge in [-0.25, -0.2) is 0 Å².